The van der Waals surface area contributed by atoms with E-state index in [2.05, 4.69) is 10.6 Å². The molecule has 0 saturated heterocycles. The van der Waals surface area contributed by atoms with Gasteiger partial charge in [-0.25, -0.2) is 0 Å². The van der Waals surface area contributed by atoms with Crippen molar-refractivity contribution in [1.82, 2.24) is 20.4 Å². The van der Waals surface area contributed by atoms with Crippen LogP contribution < -0.4 is 10.6 Å². The van der Waals surface area contributed by atoms with Gasteiger partial charge in [0.1, 0.15) is 0 Å². The molecule has 2 N–H and O–H groups in total. The summed E-state index contributed by atoms with van der Waals surface area (Å²) in [4.78, 5) is 75.7. The molecule has 0 radical (unpaired) electrons. The van der Waals surface area contributed by atoms with E-state index in [-0.39, 0.29) is 61.4 Å². The Balaban J connectivity index is 1.01. The van der Waals surface area contributed by atoms with Gasteiger partial charge < -0.3 is 10.6 Å². The van der Waals surface area contributed by atoms with Crippen LogP contribution in [0.2, 0.25) is 0 Å². The van der Waals surface area contributed by atoms with Gasteiger partial charge in [0.15, 0.2) is 0 Å². The van der Waals surface area contributed by atoms with Gasteiger partial charge >= 0.3 is 0 Å². The van der Waals surface area contributed by atoms with E-state index in [4.69, 9.17) is 0 Å². The van der Waals surface area contributed by atoms with Crippen molar-refractivity contribution in [2.24, 2.45) is 0 Å². The van der Waals surface area contributed by atoms with Gasteiger partial charge in [0.2, 0.25) is 11.8 Å². The zero-order valence-electron chi connectivity index (χ0n) is 21.0. The minimum Gasteiger partial charge on any atom is -0.356 e. The van der Waals surface area contributed by atoms with E-state index in [1.165, 1.54) is 0 Å². The second-order valence-electron chi connectivity index (χ2n) is 9.23. The maximum atomic E-state index is 12.3. The number of amides is 6. The number of carbonyl (C=O) groups excluding carboxylic acids is 6. The Morgan fingerprint density at radius 2 is 0.842 bits per heavy atom. The van der Waals surface area contributed by atoms with E-state index in [0.717, 1.165) is 35.5 Å². The Hall–Kier alpha value is -4.34. The van der Waals surface area contributed by atoms with E-state index >= 15 is 0 Å². The standard InChI is InChI=1S/C28H30N4O6/c33-23(13-17-31-25(35)19-9-3-4-10-20(19)26(31)36)29-15-7-1-2-8-16-30-24(34)14-18-32-27(37)21-11-5-6-12-22(21)28(32)38/h3-6,9-12H,1-2,7-8,13-18H2,(H,29,33)(H,30,34). The van der Waals surface area contributed by atoms with Gasteiger partial charge in [-0.3, -0.25) is 38.6 Å². The smallest absolute Gasteiger partial charge is 0.261 e. The van der Waals surface area contributed by atoms with E-state index in [1.807, 2.05) is 0 Å². The highest BCUT2D eigenvalue weighted by atomic mass is 16.2. The van der Waals surface area contributed by atoms with Crippen LogP contribution in [0.5, 0.6) is 0 Å². The third kappa shape index (κ3) is 5.96. The largest absolute Gasteiger partial charge is 0.356 e. The number of imide groups is 2. The van der Waals surface area contributed by atoms with Crippen molar-refractivity contribution in [3.63, 3.8) is 0 Å². The molecule has 0 unspecified atom stereocenters. The van der Waals surface area contributed by atoms with Crippen LogP contribution in [0.1, 0.15) is 80.0 Å². The van der Waals surface area contributed by atoms with E-state index in [9.17, 15) is 28.8 Å². The zero-order chi connectivity index (χ0) is 27.1. The van der Waals surface area contributed by atoms with Gasteiger partial charge in [0, 0.05) is 39.0 Å². The van der Waals surface area contributed by atoms with E-state index < -0.39 is 0 Å². The molecule has 0 fully saturated rings. The van der Waals surface area contributed by atoms with Crippen LogP contribution in [-0.2, 0) is 9.59 Å². The van der Waals surface area contributed by atoms with Crippen LogP contribution in [-0.4, -0.2) is 71.4 Å². The molecule has 38 heavy (non-hydrogen) atoms. The molecule has 0 aromatic heterocycles. The van der Waals surface area contributed by atoms with Gasteiger partial charge in [-0.15, -0.1) is 0 Å². The monoisotopic (exact) mass is 518 g/mol. The summed E-state index contributed by atoms with van der Waals surface area (Å²) >= 11 is 0. The van der Waals surface area contributed by atoms with Gasteiger partial charge in [0.25, 0.3) is 23.6 Å². The molecule has 2 aromatic rings. The molecule has 6 amide bonds. The molecule has 198 valence electrons. The Kier molecular flexibility index (Phi) is 8.62. The maximum Gasteiger partial charge on any atom is 0.261 e. The Labute approximate surface area is 220 Å². The molecular weight excluding hydrogens is 488 g/mol. The second kappa shape index (κ2) is 12.3. The molecule has 0 atom stereocenters. The molecule has 2 aliphatic rings. The summed E-state index contributed by atoms with van der Waals surface area (Å²) in [6.45, 7) is 1.08. The van der Waals surface area contributed by atoms with Gasteiger partial charge in [-0.1, -0.05) is 37.1 Å². The first-order chi connectivity index (χ1) is 18.4. The predicted octanol–water partition coefficient (Wildman–Crippen LogP) is 2.15. The molecule has 0 saturated carbocycles. The van der Waals surface area contributed by atoms with Crippen LogP contribution in [0.4, 0.5) is 0 Å². The highest BCUT2D eigenvalue weighted by molar-refractivity contribution is 6.22. The first-order valence-electron chi connectivity index (χ1n) is 12.8. The normalized spacial score (nSPS) is 14.1. The summed E-state index contributed by atoms with van der Waals surface area (Å²) in [6.07, 6.45) is 3.38. The van der Waals surface area contributed by atoms with Gasteiger partial charge in [0.05, 0.1) is 22.3 Å². The Bertz CT molecular complexity index is 1110. The minimum absolute atomic E-state index is 0.0465. The van der Waals surface area contributed by atoms with Crippen LogP contribution in [0, 0.1) is 0 Å². The summed E-state index contributed by atoms with van der Waals surface area (Å²) in [5.74, 6) is -1.90. The third-order valence-corrected chi connectivity index (χ3v) is 6.63. The van der Waals surface area contributed by atoms with E-state index in [1.54, 1.807) is 48.5 Å². The molecule has 2 aliphatic heterocycles. The number of rotatable bonds is 13. The molecule has 0 bridgehead atoms. The number of hydrogen-bond donors (Lipinski definition) is 2. The van der Waals surface area contributed by atoms with Crippen LogP contribution in [0.25, 0.3) is 0 Å². The number of nitrogens with zero attached hydrogens (tertiary/aromatic N) is 2. The lowest BCUT2D eigenvalue weighted by atomic mass is 10.1. The average Bonchev–Trinajstić information content (AvgIpc) is 3.32. The van der Waals surface area contributed by atoms with Crippen molar-refractivity contribution >= 4 is 35.4 Å². The lowest BCUT2D eigenvalue weighted by Gasteiger charge is -2.13. The molecule has 10 heteroatoms. The highest BCUT2D eigenvalue weighted by Gasteiger charge is 2.36. The zero-order valence-corrected chi connectivity index (χ0v) is 21.0. The third-order valence-electron chi connectivity index (χ3n) is 6.63. The number of nitrogens with one attached hydrogen (secondary N) is 2. The molecule has 10 nitrogen and oxygen atoms in total. The van der Waals surface area contributed by atoms with Crippen LogP contribution in [0.15, 0.2) is 48.5 Å². The fourth-order valence-electron chi connectivity index (χ4n) is 4.55. The SMILES string of the molecule is O=C(CCN1C(=O)c2ccccc2C1=O)NCCCCCCNC(=O)CCN1C(=O)c2ccccc2C1=O. The van der Waals surface area contributed by atoms with Crippen molar-refractivity contribution in [2.75, 3.05) is 26.2 Å². The van der Waals surface area contributed by atoms with Gasteiger partial charge in [-0.05, 0) is 37.1 Å². The van der Waals surface area contributed by atoms with Crippen molar-refractivity contribution in [1.29, 1.82) is 0 Å². The lowest BCUT2D eigenvalue weighted by molar-refractivity contribution is -0.122. The van der Waals surface area contributed by atoms with Crippen LogP contribution >= 0.6 is 0 Å². The van der Waals surface area contributed by atoms with Crippen molar-refractivity contribution in [2.45, 2.75) is 38.5 Å². The number of fused-ring (bicyclic) bond motifs is 2. The fourth-order valence-corrected chi connectivity index (χ4v) is 4.55. The first-order valence-corrected chi connectivity index (χ1v) is 12.8. The molecule has 0 spiro atoms. The first kappa shape index (κ1) is 26.7. The lowest BCUT2D eigenvalue weighted by Crippen LogP contribution is -2.35. The topological polar surface area (TPSA) is 133 Å². The van der Waals surface area contributed by atoms with Crippen molar-refractivity contribution in [3.8, 4) is 0 Å². The summed E-state index contributed by atoms with van der Waals surface area (Å²) in [6, 6.07) is 13.3. The van der Waals surface area contributed by atoms with Crippen molar-refractivity contribution in [3.05, 3.63) is 70.8 Å². The number of unbranched alkanes of at least 4 members (excludes halogenated alkanes) is 3. The summed E-state index contributed by atoms with van der Waals surface area (Å²) in [5, 5.41) is 5.61. The molecular formula is C28H30N4O6. The molecule has 2 heterocycles. The highest BCUT2D eigenvalue weighted by Crippen LogP contribution is 2.23. The van der Waals surface area contributed by atoms with Crippen molar-refractivity contribution < 1.29 is 28.8 Å². The predicted molar refractivity (Wildman–Crippen MR) is 137 cm³/mol. The molecule has 0 aliphatic carbocycles. The number of carbonyl (C=O) groups is 6. The number of benzene rings is 2. The van der Waals surface area contributed by atoms with Gasteiger partial charge in [-0.2, -0.15) is 0 Å². The molecule has 2 aromatic carbocycles. The minimum atomic E-state index is -0.367. The Morgan fingerprint density at radius 1 is 0.526 bits per heavy atom. The average molecular weight is 519 g/mol. The summed E-state index contributed by atoms with van der Waals surface area (Å²) < 4.78 is 0. The Morgan fingerprint density at radius 3 is 1.16 bits per heavy atom. The quantitative estimate of drug-likeness (QED) is 0.308. The number of hydrogen-bond acceptors (Lipinski definition) is 6. The maximum absolute atomic E-state index is 12.3. The van der Waals surface area contributed by atoms with Crippen LogP contribution in [0.3, 0.4) is 0 Å². The second-order valence-corrected chi connectivity index (χ2v) is 9.23. The summed E-state index contributed by atoms with van der Waals surface area (Å²) in [5.41, 5.74) is 1.49. The molecule has 4 rings (SSSR count). The van der Waals surface area contributed by atoms with E-state index in [0.29, 0.717) is 35.3 Å². The summed E-state index contributed by atoms with van der Waals surface area (Å²) in [7, 11) is 0. The fraction of sp³-hybridized carbons (Fsp3) is 0.357.